The largest absolute Gasteiger partial charge is 0.392 e. The molecule has 68 valence electrons. The van der Waals surface area contributed by atoms with Gasteiger partial charge in [-0.2, -0.15) is 0 Å². The van der Waals surface area contributed by atoms with E-state index < -0.39 is 0 Å². The molecule has 13 heavy (non-hydrogen) atoms. The van der Waals surface area contributed by atoms with Gasteiger partial charge in [-0.15, -0.1) is 0 Å². The Morgan fingerprint density at radius 3 is 2.69 bits per heavy atom. The normalized spacial score (nSPS) is 48.4. The zero-order valence-electron chi connectivity index (χ0n) is 8.48. The zero-order valence-corrected chi connectivity index (χ0v) is 7.48. The van der Waals surface area contributed by atoms with Crippen molar-refractivity contribution in [3.8, 4) is 0 Å². The smallest absolute Gasteiger partial charge is 0.0639 e. The molecular formula is C12H14O. The maximum absolute atomic E-state index is 9.99. The van der Waals surface area contributed by atoms with Crippen LogP contribution in [0.15, 0.2) is 30.3 Å². The Morgan fingerprint density at radius 2 is 2.15 bits per heavy atom. The van der Waals surface area contributed by atoms with Crippen molar-refractivity contribution in [2.75, 3.05) is 0 Å². The molecule has 0 heterocycles. The van der Waals surface area contributed by atoms with Crippen molar-refractivity contribution in [3.63, 3.8) is 0 Å². The third-order valence-corrected chi connectivity index (χ3v) is 3.56. The van der Waals surface area contributed by atoms with Gasteiger partial charge in [0.15, 0.2) is 0 Å². The summed E-state index contributed by atoms with van der Waals surface area (Å²) in [6.07, 6.45) is 1.45. The molecule has 3 fully saturated rings. The minimum Gasteiger partial charge on any atom is -0.392 e. The quantitative estimate of drug-likeness (QED) is 0.693. The second kappa shape index (κ2) is 2.36. The maximum Gasteiger partial charge on any atom is 0.0639 e. The molecule has 2 bridgehead atoms. The van der Waals surface area contributed by atoms with Crippen LogP contribution in [0.3, 0.4) is 0 Å². The predicted octanol–water partition coefficient (Wildman–Crippen LogP) is 2.10. The molecule has 1 aromatic carbocycles. The average molecular weight is 175 g/mol. The van der Waals surface area contributed by atoms with Crippen molar-refractivity contribution in [1.29, 1.82) is 0 Å². The van der Waals surface area contributed by atoms with Crippen LogP contribution in [-0.4, -0.2) is 11.2 Å². The van der Waals surface area contributed by atoms with Crippen LogP contribution in [0.4, 0.5) is 0 Å². The first-order valence-electron chi connectivity index (χ1n) is 5.49. The molecule has 0 saturated heterocycles. The molecule has 3 saturated carbocycles. The van der Waals surface area contributed by atoms with Crippen molar-refractivity contribution in [2.24, 2.45) is 5.92 Å². The number of hydrogen-bond donors (Lipinski definition) is 1. The van der Waals surface area contributed by atoms with E-state index in [0.717, 1.165) is 18.4 Å². The Kier molecular flexibility index (Phi) is 1.20. The van der Waals surface area contributed by atoms with Gasteiger partial charge in [0, 0.05) is 6.79 Å². The van der Waals surface area contributed by atoms with E-state index in [0.29, 0.717) is 5.92 Å². The zero-order chi connectivity index (χ0) is 9.76. The SMILES string of the molecule is [2H][C@@H]1[C@@H]2C[C@H](O)[C@@]1(c1ccccc1)C2. The van der Waals surface area contributed by atoms with E-state index in [-0.39, 0.29) is 17.9 Å². The second-order valence-electron chi connectivity index (χ2n) is 4.29. The Balaban J connectivity index is 2.06. The topological polar surface area (TPSA) is 20.2 Å². The summed E-state index contributed by atoms with van der Waals surface area (Å²) in [6, 6.07) is 10.1. The molecule has 3 aliphatic carbocycles. The van der Waals surface area contributed by atoms with Gasteiger partial charge >= 0.3 is 0 Å². The Labute approximate surface area is 79.8 Å². The number of benzene rings is 1. The summed E-state index contributed by atoms with van der Waals surface area (Å²) in [5.41, 5.74) is 0.924. The van der Waals surface area contributed by atoms with Crippen molar-refractivity contribution in [3.05, 3.63) is 35.9 Å². The number of aliphatic hydroxyl groups is 1. The summed E-state index contributed by atoms with van der Waals surface area (Å²) in [5, 5.41) is 9.99. The van der Waals surface area contributed by atoms with Crippen LogP contribution in [0.5, 0.6) is 0 Å². The fourth-order valence-corrected chi connectivity index (χ4v) is 2.87. The summed E-state index contributed by atoms with van der Waals surface area (Å²) in [4.78, 5) is 0. The third kappa shape index (κ3) is 0.856. The molecule has 0 amide bonds. The molecule has 3 aliphatic rings. The molecule has 0 radical (unpaired) electrons. The van der Waals surface area contributed by atoms with Gasteiger partial charge < -0.3 is 5.11 Å². The molecule has 1 heteroatoms. The van der Waals surface area contributed by atoms with Gasteiger partial charge in [-0.1, -0.05) is 30.3 Å². The van der Waals surface area contributed by atoms with E-state index in [1.165, 1.54) is 0 Å². The lowest BCUT2D eigenvalue weighted by atomic mass is 9.65. The highest BCUT2D eigenvalue weighted by Crippen LogP contribution is 2.59. The highest BCUT2D eigenvalue weighted by Gasteiger charge is 2.57. The van der Waals surface area contributed by atoms with Crippen LogP contribution in [0.1, 0.15) is 26.2 Å². The summed E-state index contributed by atoms with van der Waals surface area (Å²) >= 11 is 0. The van der Waals surface area contributed by atoms with Gasteiger partial charge in [0.1, 0.15) is 0 Å². The van der Waals surface area contributed by atoms with E-state index in [1.54, 1.807) is 0 Å². The molecule has 1 N–H and O–H groups in total. The van der Waals surface area contributed by atoms with Crippen molar-refractivity contribution < 1.29 is 6.48 Å². The van der Waals surface area contributed by atoms with E-state index in [1.807, 2.05) is 30.3 Å². The fraction of sp³-hybridized carbons (Fsp3) is 0.500. The minimum atomic E-state index is -0.294. The lowest BCUT2D eigenvalue weighted by Gasteiger charge is -2.40. The lowest BCUT2D eigenvalue weighted by Crippen LogP contribution is -2.39. The van der Waals surface area contributed by atoms with Crippen LogP contribution >= 0.6 is 0 Å². The molecule has 0 unspecified atom stereocenters. The van der Waals surface area contributed by atoms with E-state index in [2.05, 4.69) is 0 Å². The maximum atomic E-state index is 9.99. The highest BCUT2D eigenvalue weighted by molar-refractivity contribution is 5.33. The molecule has 0 aliphatic heterocycles. The monoisotopic (exact) mass is 175 g/mol. The summed E-state index contributed by atoms with van der Waals surface area (Å²) in [6.45, 7) is 0. The van der Waals surface area contributed by atoms with Gasteiger partial charge in [0.25, 0.3) is 0 Å². The molecule has 4 atom stereocenters. The summed E-state index contributed by atoms with van der Waals surface area (Å²) in [7, 11) is 0. The van der Waals surface area contributed by atoms with Crippen molar-refractivity contribution in [1.82, 2.24) is 0 Å². The highest BCUT2D eigenvalue weighted by atomic mass is 16.3. The van der Waals surface area contributed by atoms with Crippen molar-refractivity contribution >= 4 is 0 Å². The molecule has 1 nitrogen and oxygen atoms in total. The standard InChI is InChI=1S/C12H14O/c13-11-6-9-7-12(11,8-9)10-4-2-1-3-5-10/h1-5,9,11,13H,6-8H2/t9-,11-,12+/m0/s1/i7D/t7-,9+,11+,12-/m1. The molecule has 0 aromatic heterocycles. The Hall–Kier alpha value is -0.820. The lowest BCUT2D eigenvalue weighted by molar-refractivity contribution is 0.0969. The Morgan fingerprint density at radius 1 is 1.38 bits per heavy atom. The summed E-state index contributed by atoms with van der Waals surface area (Å²) < 4.78 is 8.04. The first kappa shape index (κ1) is 6.61. The van der Waals surface area contributed by atoms with Crippen LogP contribution in [0, 0.1) is 5.92 Å². The predicted molar refractivity (Wildman–Crippen MR) is 51.5 cm³/mol. The number of aliphatic hydroxyl groups excluding tert-OH is 1. The molecule has 1 aromatic rings. The number of fused-ring (bicyclic) bond motifs is 1. The van der Waals surface area contributed by atoms with E-state index in [9.17, 15) is 5.11 Å². The van der Waals surface area contributed by atoms with Gasteiger partial charge in [0.05, 0.1) is 6.10 Å². The first-order chi connectivity index (χ1) is 6.75. The molecule has 4 rings (SSSR count). The van der Waals surface area contributed by atoms with E-state index in [4.69, 9.17) is 1.37 Å². The first-order valence-corrected chi connectivity index (χ1v) is 4.91. The minimum absolute atomic E-state index is 0.0834. The number of hydrogen-bond acceptors (Lipinski definition) is 1. The second-order valence-corrected chi connectivity index (χ2v) is 4.29. The fourth-order valence-electron chi connectivity index (χ4n) is 2.87. The van der Waals surface area contributed by atoms with Crippen LogP contribution in [0.25, 0.3) is 0 Å². The third-order valence-electron chi connectivity index (χ3n) is 3.56. The van der Waals surface area contributed by atoms with Crippen molar-refractivity contribution in [2.45, 2.75) is 30.8 Å². The van der Waals surface area contributed by atoms with E-state index >= 15 is 0 Å². The molecular weight excluding hydrogens is 160 g/mol. The van der Waals surface area contributed by atoms with Gasteiger partial charge in [-0.05, 0) is 30.7 Å². The van der Waals surface area contributed by atoms with Crippen LogP contribution in [0.2, 0.25) is 0 Å². The number of rotatable bonds is 1. The Bertz CT molecular complexity index is 345. The summed E-state index contributed by atoms with van der Waals surface area (Å²) in [5.74, 6) is 0.435. The van der Waals surface area contributed by atoms with Crippen LogP contribution in [-0.2, 0) is 5.41 Å². The van der Waals surface area contributed by atoms with Gasteiger partial charge in [-0.25, -0.2) is 0 Å². The molecule has 0 spiro atoms. The van der Waals surface area contributed by atoms with Crippen LogP contribution < -0.4 is 0 Å². The van der Waals surface area contributed by atoms with Gasteiger partial charge in [-0.3, -0.25) is 0 Å². The van der Waals surface area contributed by atoms with Gasteiger partial charge in [0.2, 0.25) is 0 Å². The average Bonchev–Trinajstić information content (AvgIpc) is 2.69.